The van der Waals surface area contributed by atoms with Crippen LogP contribution in [0.3, 0.4) is 0 Å². The highest BCUT2D eigenvalue weighted by molar-refractivity contribution is 5.62. The molecule has 16 heavy (non-hydrogen) atoms. The quantitative estimate of drug-likeness (QED) is 0.633. The maximum atomic E-state index is 9.18. The summed E-state index contributed by atoms with van der Waals surface area (Å²) >= 11 is 0. The Labute approximate surface area is 91.8 Å². The Morgan fingerprint density at radius 2 is 2.19 bits per heavy atom. The minimum absolute atomic E-state index is 0.208. The lowest BCUT2D eigenvalue weighted by Gasteiger charge is -2.26. The molecule has 0 aliphatic heterocycles. The Bertz CT molecular complexity index is 479. The molecule has 7 heteroatoms. The van der Waals surface area contributed by atoms with Crippen molar-refractivity contribution in [2.75, 3.05) is 18.5 Å². The summed E-state index contributed by atoms with van der Waals surface area (Å²) in [6, 6.07) is 0. The first-order chi connectivity index (χ1) is 7.68. The second kappa shape index (κ2) is 4.03. The van der Waals surface area contributed by atoms with Gasteiger partial charge in [-0.2, -0.15) is 0 Å². The van der Waals surface area contributed by atoms with Gasteiger partial charge in [-0.25, -0.2) is 4.98 Å². The van der Waals surface area contributed by atoms with Crippen LogP contribution in [0.4, 0.5) is 5.82 Å². The Hall–Kier alpha value is -1.73. The van der Waals surface area contributed by atoms with E-state index in [9.17, 15) is 10.2 Å². The van der Waals surface area contributed by atoms with Crippen LogP contribution in [0.2, 0.25) is 0 Å². The highest BCUT2D eigenvalue weighted by atomic mass is 16.3. The van der Waals surface area contributed by atoms with Crippen molar-refractivity contribution in [1.82, 2.24) is 19.6 Å². The van der Waals surface area contributed by atoms with Crippen molar-refractivity contribution in [3.8, 4) is 0 Å². The zero-order valence-corrected chi connectivity index (χ0v) is 8.83. The molecule has 0 fully saturated rings. The molecule has 0 bridgehead atoms. The zero-order chi connectivity index (χ0) is 11.6. The van der Waals surface area contributed by atoms with Gasteiger partial charge in [0.1, 0.15) is 6.33 Å². The van der Waals surface area contributed by atoms with Crippen LogP contribution in [-0.2, 0) is 0 Å². The van der Waals surface area contributed by atoms with E-state index in [1.54, 1.807) is 30.0 Å². The Balaban J connectivity index is 2.37. The van der Waals surface area contributed by atoms with Crippen LogP contribution in [0.5, 0.6) is 0 Å². The predicted molar refractivity (Wildman–Crippen MR) is 57.0 cm³/mol. The Morgan fingerprint density at radius 1 is 1.44 bits per heavy atom. The van der Waals surface area contributed by atoms with Crippen LogP contribution in [0, 0.1) is 0 Å². The third kappa shape index (κ3) is 1.82. The highest BCUT2D eigenvalue weighted by Crippen LogP contribution is 2.15. The monoisotopic (exact) mass is 223 g/mol. The topological polar surface area (TPSA) is 95.6 Å². The third-order valence-corrected chi connectivity index (χ3v) is 2.33. The molecule has 3 N–H and O–H groups in total. The van der Waals surface area contributed by atoms with Gasteiger partial charge in [-0.15, -0.1) is 10.2 Å². The molecule has 0 radical (unpaired) electrons. The second-order valence-electron chi connectivity index (χ2n) is 3.84. The summed E-state index contributed by atoms with van der Waals surface area (Å²) in [7, 11) is 0. The predicted octanol–water partition coefficient (Wildman–Crippen LogP) is -0.721. The van der Waals surface area contributed by atoms with Crippen LogP contribution >= 0.6 is 0 Å². The summed E-state index contributed by atoms with van der Waals surface area (Å²) in [4.78, 5) is 4.10. The molecule has 2 aromatic heterocycles. The fraction of sp³-hybridized carbons (Fsp3) is 0.444. The molecule has 0 saturated carbocycles. The average Bonchev–Trinajstić information content (AvgIpc) is 2.78. The second-order valence-corrected chi connectivity index (χ2v) is 3.84. The van der Waals surface area contributed by atoms with Gasteiger partial charge in [0, 0.05) is 12.4 Å². The molecule has 2 aromatic rings. The lowest BCUT2D eigenvalue weighted by Crippen LogP contribution is -2.42. The molecule has 0 atom stereocenters. The van der Waals surface area contributed by atoms with E-state index in [4.69, 9.17) is 0 Å². The van der Waals surface area contributed by atoms with Gasteiger partial charge < -0.3 is 15.5 Å². The molecule has 0 aliphatic carbocycles. The Kier molecular flexibility index (Phi) is 2.71. The normalized spacial score (nSPS) is 11.9. The first-order valence-electron chi connectivity index (χ1n) is 4.83. The largest absolute Gasteiger partial charge is 0.394 e. The Morgan fingerprint density at radius 3 is 2.88 bits per heavy atom. The van der Waals surface area contributed by atoms with E-state index in [1.807, 2.05) is 0 Å². The first kappa shape index (κ1) is 10.8. The van der Waals surface area contributed by atoms with Crippen LogP contribution in [0.15, 0.2) is 18.7 Å². The van der Waals surface area contributed by atoms with Crippen LogP contribution in [-0.4, -0.2) is 48.5 Å². The average molecular weight is 223 g/mol. The van der Waals surface area contributed by atoms with Gasteiger partial charge in [-0.1, -0.05) is 0 Å². The van der Waals surface area contributed by atoms with E-state index in [0.29, 0.717) is 11.5 Å². The van der Waals surface area contributed by atoms with Gasteiger partial charge in [0.25, 0.3) is 0 Å². The van der Waals surface area contributed by atoms with Crippen molar-refractivity contribution in [2.24, 2.45) is 0 Å². The smallest absolute Gasteiger partial charge is 0.203 e. The van der Waals surface area contributed by atoms with E-state index < -0.39 is 5.54 Å². The van der Waals surface area contributed by atoms with Gasteiger partial charge in [0.15, 0.2) is 5.82 Å². The number of nitrogens with zero attached hydrogens (tertiary/aromatic N) is 4. The molecule has 0 spiro atoms. The summed E-state index contributed by atoms with van der Waals surface area (Å²) in [5, 5.41) is 28.9. The summed E-state index contributed by atoms with van der Waals surface area (Å²) in [6.45, 7) is 1.27. The van der Waals surface area contributed by atoms with Crippen molar-refractivity contribution in [2.45, 2.75) is 12.5 Å². The molecular weight excluding hydrogens is 210 g/mol. The van der Waals surface area contributed by atoms with Crippen LogP contribution < -0.4 is 5.32 Å². The molecule has 2 rings (SSSR count). The first-order valence-corrected chi connectivity index (χ1v) is 4.83. The van der Waals surface area contributed by atoms with Crippen molar-refractivity contribution >= 4 is 11.5 Å². The van der Waals surface area contributed by atoms with Gasteiger partial charge in [0.2, 0.25) is 5.65 Å². The maximum Gasteiger partial charge on any atom is 0.203 e. The summed E-state index contributed by atoms with van der Waals surface area (Å²) in [5.41, 5.74) is -0.281. The van der Waals surface area contributed by atoms with Gasteiger partial charge in [-0.3, -0.25) is 4.40 Å². The zero-order valence-electron chi connectivity index (χ0n) is 8.83. The third-order valence-electron chi connectivity index (χ3n) is 2.33. The minimum atomic E-state index is -0.833. The number of aliphatic hydroxyl groups excluding tert-OH is 2. The summed E-state index contributed by atoms with van der Waals surface area (Å²) < 4.78 is 1.70. The van der Waals surface area contributed by atoms with Gasteiger partial charge >= 0.3 is 0 Å². The lowest BCUT2D eigenvalue weighted by molar-refractivity contribution is 0.147. The summed E-state index contributed by atoms with van der Waals surface area (Å²) in [5.74, 6) is 0.477. The number of fused-ring (bicyclic) bond motifs is 1. The molecule has 0 aliphatic rings. The fourth-order valence-corrected chi connectivity index (χ4v) is 1.26. The molecule has 0 saturated heterocycles. The number of aromatic nitrogens is 4. The number of aliphatic hydroxyl groups is 2. The van der Waals surface area contributed by atoms with E-state index in [0.717, 1.165) is 0 Å². The van der Waals surface area contributed by atoms with E-state index in [-0.39, 0.29) is 13.2 Å². The number of nitrogens with one attached hydrogen (secondary N) is 1. The van der Waals surface area contributed by atoms with Gasteiger partial charge in [0.05, 0.1) is 18.8 Å². The van der Waals surface area contributed by atoms with E-state index in [1.165, 1.54) is 0 Å². The standard InChI is InChI=1S/C9H13N5O2/c1-9(4-15,5-16)12-7-8-13-11-6-14(8)3-2-10-7/h2-3,6,15-16H,4-5H2,1H3,(H,10,12). The molecule has 0 amide bonds. The number of rotatable bonds is 4. The lowest BCUT2D eigenvalue weighted by atomic mass is 10.1. The highest BCUT2D eigenvalue weighted by Gasteiger charge is 2.23. The van der Waals surface area contributed by atoms with Crippen molar-refractivity contribution < 1.29 is 10.2 Å². The fourth-order valence-electron chi connectivity index (χ4n) is 1.26. The van der Waals surface area contributed by atoms with Crippen LogP contribution in [0.25, 0.3) is 5.65 Å². The minimum Gasteiger partial charge on any atom is -0.394 e. The summed E-state index contributed by atoms with van der Waals surface area (Å²) in [6.07, 6.45) is 4.86. The van der Waals surface area contributed by atoms with E-state index in [2.05, 4.69) is 20.5 Å². The number of hydrogen-bond acceptors (Lipinski definition) is 6. The number of hydrogen-bond donors (Lipinski definition) is 3. The molecule has 2 heterocycles. The van der Waals surface area contributed by atoms with E-state index >= 15 is 0 Å². The molecule has 0 aromatic carbocycles. The van der Waals surface area contributed by atoms with Crippen molar-refractivity contribution in [3.63, 3.8) is 0 Å². The van der Waals surface area contributed by atoms with Gasteiger partial charge in [-0.05, 0) is 6.92 Å². The maximum absolute atomic E-state index is 9.18. The molecule has 7 nitrogen and oxygen atoms in total. The van der Waals surface area contributed by atoms with Crippen LogP contribution in [0.1, 0.15) is 6.92 Å². The van der Waals surface area contributed by atoms with Crippen molar-refractivity contribution in [3.05, 3.63) is 18.7 Å². The molecular formula is C9H13N5O2. The molecule has 0 unspecified atom stereocenters. The number of anilines is 1. The van der Waals surface area contributed by atoms with Crippen molar-refractivity contribution in [1.29, 1.82) is 0 Å². The molecule has 86 valence electrons. The SMILES string of the molecule is CC(CO)(CO)Nc1nccn2cnnc12.